The summed E-state index contributed by atoms with van der Waals surface area (Å²) in [4.78, 5) is 24.3. The van der Waals surface area contributed by atoms with Crippen molar-refractivity contribution in [2.75, 3.05) is 17.7 Å². The van der Waals surface area contributed by atoms with Gasteiger partial charge in [0.1, 0.15) is 5.82 Å². The smallest absolute Gasteiger partial charge is 0.307 e. The van der Waals surface area contributed by atoms with Gasteiger partial charge in [0.2, 0.25) is 0 Å². The van der Waals surface area contributed by atoms with Gasteiger partial charge in [0.05, 0.1) is 12.1 Å². The SMILES string of the molecule is O=C(COC(=O)CCSc1ccccc1)Nc1ccc(Cl)cc1F. The van der Waals surface area contributed by atoms with E-state index in [1.165, 1.54) is 23.9 Å². The fourth-order valence-electron chi connectivity index (χ4n) is 1.76. The lowest BCUT2D eigenvalue weighted by atomic mass is 10.3. The van der Waals surface area contributed by atoms with Gasteiger partial charge in [-0.3, -0.25) is 9.59 Å². The lowest BCUT2D eigenvalue weighted by Crippen LogP contribution is -2.21. The summed E-state index contributed by atoms with van der Waals surface area (Å²) in [6.45, 7) is -0.461. The Hall–Kier alpha value is -2.05. The Morgan fingerprint density at radius 1 is 1.17 bits per heavy atom. The van der Waals surface area contributed by atoms with E-state index in [1.54, 1.807) is 0 Å². The first-order chi connectivity index (χ1) is 11.5. The van der Waals surface area contributed by atoms with E-state index >= 15 is 0 Å². The van der Waals surface area contributed by atoms with Gasteiger partial charge in [-0.15, -0.1) is 11.8 Å². The van der Waals surface area contributed by atoms with Gasteiger partial charge in [-0.1, -0.05) is 29.8 Å². The second-order valence-electron chi connectivity index (χ2n) is 4.74. The summed E-state index contributed by atoms with van der Waals surface area (Å²) in [5.41, 5.74) is -0.0138. The van der Waals surface area contributed by atoms with Crippen LogP contribution in [-0.4, -0.2) is 24.2 Å². The number of amides is 1. The number of rotatable bonds is 7. The van der Waals surface area contributed by atoms with Crippen LogP contribution >= 0.6 is 23.4 Å². The molecule has 2 aromatic rings. The zero-order chi connectivity index (χ0) is 17.4. The molecular weight excluding hydrogens is 353 g/mol. The average molecular weight is 368 g/mol. The third-order valence-corrected chi connectivity index (χ3v) is 4.14. The molecule has 0 saturated heterocycles. The number of nitrogens with one attached hydrogen (secondary N) is 1. The quantitative estimate of drug-likeness (QED) is 0.590. The molecule has 0 radical (unpaired) electrons. The standard InChI is InChI=1S/C17H15ClFNO3S/c18-12-6-7-15(14(19)10-12)20-16(21)11-23-17(22)8-9-24-13-4-2-1-3-5-13/h1-7,10H,8-9,11H2,(H,20,21). The highest BCUT2D eigenvalue weighted by Crippen LogP contribution is 2.19. The molecule has 24 heavy (non-hydrogen) atoms. The highest BCUT2D eigenvalue weighted by atomic mass is 35.5. The molecule has 2 rings (SSSR count). The molecule has 0 saturated carbocycles. The van der Waals surface area contributed by atoms with Crippen LogP contribution in [-0.2, 0) is 14.3 Å². The second-order valence-corrected chi connectivity index (χ2v) is 6.35. The number of benzene rings is 2. The van der Waals surface area contributed by atoms with E-state index in [9.17, 15) is 14.0 Å². The van der Waals surface area contributed by atoms with E-state index in [1.807, 2.05) is 30.3 Å². The predicted molar refractivity (Wildman–Crippen MR) is 92.8 cm³/mol. The molecule has 7 heteroatoms. The summed E-state index contributed by atoms with van der Waals surface area (Å²) in [6.07, 6.45) is 0.183. The van der Waals surface area contributed by atoms with E-state index in [-0.39, 0.29) is 17.1 Å². The van der Waals surface area contributed by atoms with Crippen LogP contribution in [0.2, 0.25) is 5.02 Å². The molecule has 0 bridgehead atoms. The van der Waals surface area contributed by atoms with Gasteiger partial charge in [0.25, 0.3) is 5.91 Å². The molecule has 1 N–H and O–H groups in total. The molecule has 0 aliphatic rings. The summed E-state index contributed by atoms with van der Waals surface area (Å²) in [5.74, 6) is -1.19. The zero-order valence-electron chi connectivity index (χ0n) is 12.6. The minimum atomic E-state index is -0.651. The van der Waals surface area contributed by atoms with E-state index in [2.05, 4.69) is 5.32 Å². The van der Waals surface area contributed by atoms with Gasteiger partial charge < -0.3 is 10.1 Å². The lowest BCUT2D eigenvalue weighted by molar-refractivity contribution is -0.146. The summed E-state index contributed by atoms with van der Waals surface area (Å²) in [6, 6.07) is 13.5. The van der Waals surface area contributed by atoms with Gasteiger partial charge in [0, 0.05) is 15.7 Å². The third-order valence-electron chi connectivity index (χ3n) is 2.89. The van der Waals surface area contributed by atoms with Crippen LogP contribution in [0, 0.1) is 5.82 Å². The van der Waals surface area contributed by atoms with Crippen LogP contribution in [0.15, 0.2) is 53.4 Å². The van der Waals surface area contributed by atoms with Gasteiger partial charge in [-0.2, -0.15) is 0 Å². The fraction of sp³-hybridized carbons (Fsp3) is 0.176. The van der Waals surface area contributed by atoms with Crippen LogP contribution in [0.5, 0.6) is 0 Å². The summed E-state index contributed by atoms with van der Waals surface area (Å²) >= 11 is 7.15. The van der Waals surface area contributed by atoms with E-state index in [0.717, 1.165) is 11.0 Å². The van der Waals surface area contributed by atoms with Crippen LogP contribution in [0.25, 0.3) is 0 Å². The van der Waals surface area contributed by atoms with Crippen LogP contribution < -0.4 is 5.32 Å². The maximum Gasteiger partial charge on any atom is 0.307 e. The second kappa shape index (κ2) is 9.30. The van der Waals surface area contributed by atoms with Crippen molar-refractivity contribution in [3.8, 4) is 0 Å². The molecule has 0 aliphatic carbocycles. The number of hydrogen-bond acceptors (Lipinski definition) is 4. The normalized spacial score (nSPS) is 10.2. The minimum Gasteiger partial charge on any atom is -0.456 e. The molecule has 126 valence electrons. The van der Waals surface area contributed by atoms with Crippen molar-refractivity contribution in [1.29, 1.82) is 0 Å². The molecule has 0 aliphatic heterocycles. The van der Waals surface area contributed by atoms with Crippen LogP contribution in [0.3, 0.4) is 0 Å². The molecule has 2 aromatic carbocycles. The fourth-order valence-corrected chi connectivity index (χ4v) is 2.78. The monoisotopic (exact) mass is 367 g/mol. The van der Waals surface area contributed by atoms with Crippen molar-refractivity contribution >= 4 is 40.9 Å². The molecule has 0 spiro atoms. The molecular formula is C17H15ClFNO3S. The number of esters is 1. The summed E-state index contributed by atoms with van der Waals surface area (Å²) in [5, 5.41) is 2.55. The highest BCUT2D eigenvalue weighted by Gasteiger charge is 2.10. The topological polar surface area (TPSA) is 55.4 Å². The van der Waals surface area contributed by atoms with Gasteiger partial charge in [0.15, 0.2) is 6.61 Å². The van der Waals surface area contributed by atoms with Crippen molar-refractivity contribution in [3.63, 3.8) is 0 Å². The Labute approximate surface area is 148 Å². The Balaban J connectivity index is 1.68. The summed E-state index contributed by atoms with van der Waals surface area (Å²) in [7, 11) is 0. The number of ether oxygens (including phenoxy) is 1. The lowest BCUT2D eigenvalue weighted by Gasteiger charge is -2.07. The number of hydrogen-bond donors (Lipinski definition) is 1. The Bertz CT molecular complexity index is 712. The molecule has 0 atom stereocenters. The van der Waals surface area contributed by atoms with Gasteiger partial charge >= 0.3 is 5.97 Å². The van der Waals surface area contributed by atoms with E-state index < -0.39 is 24.3 Å². The van der Waals surface area contributed by atoms with Crippen molar-refractivity contribution < 1.29 is 18.7 Å². The van der Waals surface area contributed by atoms with Crippen LogP contribution in [0.1, 0.15) is 6.42 Å². The number of carbonyl (C=O) groups is 2. The van der Waals surface area contributed by atoms with Crippen molar-refractivity contribution in [1.82, 2.24) is 0 Å². The number of thioether (sulfide) groups is 1. The zero-order valence-corrected chi connectivity index (χ0v) is 14.2. The van der Waals surface area contributed by atoms with E-state index in [4.69, 9.17) is 16.3 Å². The average Bonchev–Trinajstić information content (AvgIpc) is 2.56. The van der Waals surface area contributed by atoms with Gasteiger partial charge in [-0.05, 0) is 30.3 Å². The molecule has 0 aromatic heterocycles. The summed E-state index contributed by atoms with van der Waals surface area (Å²) < 4.78 is 18.4. The molecule has 0 unspecified atom stereocenters. The first kappa shape index (κ1) is 18.3. The Morgan fingerprint density at radius 3 is 2.62 bits per heavy atom. The highest BCUT2D eigenvalue weighted by molar-refractivity contribution is 7.99. The maximum absolute atomic E-state index is 13.5. The Kier molecular flexibility index (Phi) is 7.08. The number of halogens is 2. The largest absolute Gasteiger partial charge is 0.456 e. The predicted octanol–water partition coefficient (Wildman–Crippen LogP) is 4.14. The third kappa shape index (κ3) is 6.22. The van der Waals surface area contributed by atoms with E-state index in [0.29, 0.717) is 5.75 Å². The maximum atomic E-state index is 13.5. The van der Waals surface area contributed by atoms with Crippen LogP contribution in [0.4, 0.5) is 10.1 Å². The van der Waals surface area contributed by atoms with Crippen molar-refractivity contribution in [3.05, 3.63) is 59.4 Å². The number of anilines is 1. The molecule has 0 heterocycles. The first-order valence-corrected chi connectivity index (χ1v) is 8.49. The van der Waals surface area contributed by atoms with Gasteiger partial charge in [-0.25, -0.2) is 4.39 Å². The molecule has 4 nitrogen and oxygen atoms in total. The molecule has 1 amide bonds. The Morgan fingerprint density at radius 2 is 1.92 bits per heavy atom. The van der Waals surface area contributed by atoms with Crippen molar-refractivity contribution in [2.45, 2.75) is 11.3 Å². The van der Waals surface area contributed by atoms with Crippen molar-refractivity contribution in [2.24, 2.45) is 0 Å². The minimum absolute atomic E-state index is 0.0138. The first-order valence-electron chi connectivity index (χ1n) is 7.13. The molecule has 0 fully saturated rings. The number of carbonyl (C=O) groups excluding carboxylic acids is 2.